The summed E-state index contributed by atoms with van der Waals surface area (Å²) < 4.78 is 28.9. The molecule has 1 amide bonds. The van der Waals surface area contributed by atoms with E-state index in [4.69, 9.17) is 4.42 Å². The van der Waals surface area contributed by atoms with Crippen LogP contribution in [0.25, 0.3) is 11.0 Å². The zero-order valence-electron chi connectivity index (χ0n) is 13.3. The van der Waals surface area contributed by atoms with Gasteiger partial charge in [0.1, 0.15) is 5.58 Å². The van der Waals surface area contributed by atoms with Gasteiger partial charge in [0.2, 0.25) is 0 Å². The molecule has 2 aromatic rings. The molecule has 0 radical (unpaired) electrons. The molecule has 128 valence electrons. The molecule has 0 N–H and O–H groups in total. The molecule has 24 heavy (non-hydrogen) atoms. The van der Waals surface area contributed by atoms with Crippen LogP contribution in [0.15, 0.2) is 34.7 Å². The van der Waals surface area contributed by atoms with Gasteiger partial charge in [-0.05, 0) is 18.6 Å². The Balaban J connectivity index is 1.41. The number of para-hydroxylation sites is 1. The molecule has 0 spiro atoms. The maximum Gasteiger partial charge on any atom is 0.289 e. The van der Waals surface area contributed by atoms with Crippen LogP contribution in [0.4, 0.5) is 0 Å². The first-order valence-corrected chi connectivity index (χ1v) is 10.1. The lowest BCUT2D eigenvalue weighted by atomic mass is 10.2. The van der Waals surface area contributed by atoms with Gasteiger partial charge >= 0.3 is 0 Å². The summed E-state index contributed by atoms with van der Waals surface area (Å²) in [5.41, 5.74) is 0.718. The van der Waals surface area contributed by atoms with E-state index in [0.717, 1.165) is 11.0 Å². The molecular formula is C17H20N2O4S. The van der Waals surface area contributed by atoms with Gasteiger partial charge in [0.05, 0.1) is 11.5 Å². The topological polar surface area (TPSA) is 70.8 Å². The summed E-state index contributed by atoms with van der Waals surface area (Å²) in [5.74, 6) is 0.818. The first kappa shape index (κ1) is 15.7. The van der Waals surface area contributed by atoms with E-state index < -0.39 is 9.84 Å². The molecule has 7 heteroatoms. The van der Waals surface area contributed by atoms with Crippen LogP contribution in [0.5, 0.6) is 0 Å². The number of piperazine rings is 1. The number of furan rings is 1. The van der Waals surface area contributed by atoms with Crippen molar-refractivity contribution >= 4 is 26.7 Å². The molecule has 0 saturated carbocycles. The van der Waals surface area contributed by atoms with Crippen molar-refractivity contribution in [3.8, 4) is 0 Å². The lowest BCUT2D eigenvalue weighted by molar-refractivity contribution is 0.0561. The van der Waals surface area contributed by atoms with Crippen LogP contribution in [-0.2, 0) is 9.84 Å². The summed E-state index contributed by atoms with van der Waals surface area (Å²) in [6, 6.07) is 9.47. The van der Waals surface area contributed by atoms with E-state index in [1.807, 2.05) is 24.3 Å². The van der Waals surface area contributed by atoms with Gasteiger partial charge in [-0.1, -0.05) is 18.2 Å². The van der Waals surface area contributed by atoms with Crippen molar-refractivity contribution in [3.63, 3.8) is 0 Å². The zero-order chi connectivity index (χ0) is 16.7. The minimum Gasteiger partial charge on any atom is -0.451 e. The summed E-state index contributed by atoms with van der Waals surface area (Å²) in [7, 11) is -2.87. The van der Waals surface area contributed by atoms with Crippen molar-refractivity contribution in [1.82, 2.24) is 9.80 Å². The molecule has 0 aliphatic carbocycles. The monoisotopic (exact) mass is 348 g/mol. The zero-order valence-corrected chi connectivity index (χ0v) is 14.2. The van der Waals surface area contributed by atoms with E-state index in [1.165, 1.54) is 0 Å². The summed E-state index contributed by atoms with van der Waals surface area (Å²) in [5, 5.41) is 0.927. The molecule has 2 saturated heterocycles. The van der Waals surface area contributed by atoms with Crippen LogP contribution in [0.3, 0.4) is 0 Å². The van der Waals surface area contributed by atoms with E-state index in [1.54, 1.807) is 11.0 Å². The molecule has 4 rings (SSSR count). The van der Waals surface area contributed by atoms with Gasteiger partial charge in [0.25, 0.3) is 5.91 Å². The number of sulfone groups is 1. The van der Waals surface area contributed by atoms with Crippen LogP contribution in [0.1, 0.15) is 17.0 Å². The Morgan fingerprint density at radius 3 is 2.54 bits per heavy atom. The quantitative estimate of drug-likeness (QED) is 0.820. The summed E-state index contributed by atoms with van der Waals surface area (Å²) >= 11 is 0. The second-order valence-corrected chi connectivity index (χ2v) is 8.76. The number of hydrogen-bond donors (Lipinski definition) is 0. The summed E-state index contributed by atoms with van der Waals surface area (Å²) in [6.07, 6.45) is 0.708. The van der Waals surface area contributed by atoms with Gasteiger partial charge < -0.3 is 9.32 Å². The Kier molecular flexibility index (Phi) is 3.85. The Morgan fingerprint density at radius 2 is 1.88 bits per heavy atom. The molecule has 1 atom stereocenters. The van der Waals surface area contributed by atoms with Crippen LogP contribution in [-0.4, -0.2) is 67.9 Å². The maximum atomic E-state index is 12.6. The first-order chi connectivity index (χ1) is 11.5. The minimum absolute atomic E-state index is 0.0927. The molecule has 0 bridgehead atoms. The molecule has 0 unspecified atom stereocenters. The summed E-state index contributed by atoms with van der Waals surface area (Å²) in [6.45, 7) is 2.64. The highest BCUT2D eigenvalue weighted by Crippen LogP contribution is 2.22. The third kappa shape index (κ3) is 2.93. The lowest BCUT2D eigenvalue weighted by Crippen LogP contribution is -2.52. The van der Waals surface area contributed by atoms with Gasteiger partial charge in [0.15, 0.2) is 15.6 Å². The molecule has 6 nitrogen and oxygen atoms in total. The number of fused-ring (bicyclic) bond motifs is 1. The number of hydrogen-bond acceptors (Lipinski definition) is 5. The van der Waals surface area contributed by atoms with E-state index in [9.17, 15) is 13.2 Å². The standard InChI is InChI=1S/C17H20N2O4S/c20-17(16-11-13-3-1-2-4-15(13)23-16)19-8-6-18(7-9-19)14-5-10-24(21,22)12-14/h1-4,11,14H,5-10,12H2/t14-/m1/s1. The normalized spacial score (nSPS) is 24.5. The highest BCUT2D eigenvalue weighted by Gasteiger charge is 2.34. The smallest absolute Gasteiger partial charge is 0.289 e. The molecule has 2 aliphatic rings. The number of amides is 1. The van der Waals surface area contributed by atoms with Gasteiger partial charge in [-0.15, -0.1) is 0 Å². The van der Waals surface area contributed by atoms with Crippen LogP contribution >= 0.6 is 0 Å². The number of nitrogens with zero attached hydrogens (tertiary/aromatic N) is 2. The van der Waals surface area contributed by atoms with Crippen molar-refractivity contribution in [2.24, 2.45) is 0 Å². The second kappa shape index (κ2) is 5.89. The highest BCUT2D eigenvalue weighted by atomic mass is 32.2. The summed E-state index contributed by atoms with van der Waals surface area (Å²) in [4.78, 5) is 16.6. The van der Waals surface area contributed by atoms with Crippen molar-refractivity contribution in [2.75, 3.05) is 37.7 Å². The number of rotatable bonds is 2. The fourth-order valence-electron chi connectivity index (χ4n) is 3.60. The van der Waals surface area contributed by atoms with E-state index >= 15 is 0 Å². The van der Waals surface area contributed by atoms with Crippen molar-refractivity contribution in [3.05, 3.63) is 36.1 Å². The number of benzene rings is 1. The fraction of sp³-hybridized carbons (Fsp3) is 0.471. The molecule has 1 aromatic carbocycles. The Morgan fingerprint density at radius 1 is 1.12 bits per heavy atom. The van der Waals surface area contributed by atoms with Crippen LogP contribution in [0.2, 0.25) is 0 Å². The molecule has 2 fully saturated rings. The highest BCUT2D eigenvalue weighted by molar-refractivity contribution is 7.91. The molecular weight excluding hydrogens is 328 g/mol. The second-order valence-electron chi connectivity index (χ2n) is 6.53. The minimum atomic E-state index is -2.87. The average molecular weight is 348 g/mol. The fourth-order valence-corrected chi connectivity index (χ4v) is 5.36. The van der Waals surface area contributed by atoms with E-state index in [-0.39, 0.29) is 23.5 Å². The van der Waals surface area contributed by atoms with Crippen LogP contribution in [0, 0.1) is 0 Å². The molecule has 2 aliphatic heterocycles. The van der Waals surface area contributed by atoms with Crippen LogP contribution < -0.4 is 0 Å². The average Bonchev–Trinajstić information content (AvgIpc) is 3.17. The third-order valence-electron chi connectivity index (χ3n) is 4.96. The SMILES string of the molecule is O=C(c1cc2ccccc2o1)N1CCN([C@@H]2CCS(=O)(=O)C2)CC1. The first-order valence-electron chi connectivity index (χ1n) is 8.24. The Labute approximate surface area is 140 Å². The predicted molar refractivity (Wildman–Crippen MR) is 90.7 cm³/mol. The number of carbonyl (C=O) groups is 1. The predicted octanol–water partition coefficient (Wildman–Crippen LogP) is 1.38. The van der Waals surface area contributed by atoms with Gasteiger partial charge in [0, 0.05) is 37.6 Å². The number of carbonyl (C=O) groups excluding carboxylic acids is 1. The van der Waals surface area contributed by atoms with Crippen molar-refractivity contribution < 1.29 is 17.6 Å². The van der Waals surface area contributed by atoms with Gasteiger partial charge in [-0.25, -0.2) is 8.42 Å². The van der Waals surface area contributed by atoms with Crippen molar-refractivity contribution in [2.45, 2.75) is 12.5 Å². The third-order valence-corrected chi connectivity index (χ3v) is 6.71. The van der Waals surface area contributed by atoms with Gasteiger partial charge in [-0.3, -0.25) is 9.69 Å². The molecule has 3 heterocycles. The largest absolute Gasteiger partial charge is 0.451 e. The Bertz CT molecular complexity index is 833. The molecule has 1 aromatic heterocycles. The van der Waals surface area contributed by atoms with Gasteiger partial charge in [-0.2, -0.15) is 0 Å². The lowest BCUT2D eigenvalue weighted by Gasteiger charge is -2.37. The van der Waals surface area contributed by atoms with E-state index in [2.05, 4.69) is 4.90 Å². The van der Waals surface area contributed by atoms with Crippen molar-refractivity contribution in [1.29, 1.82) is 0 Å². The maximum absolute atomic E-state index is 12.6. The Hall–Kier alpha value is -1.86. The van der Waals surface area contributed by atoms with E-state index in [0.29, 0.717) is 38.4 Å².